The maximum Gasteiger partial charge on any atom is 0.217 e. The first kappa shape index (κ1) is 11.5. The summed E-state index contributed by atoms with van der Waals surface area (Å²) in [6, 6.07) is -0.172. The Morgan fingerprint density at radius 3 is 3.13 bits per heavy atom. The molecule has 0 radical (unpaired) electrons. The van der Waals surface area contributed by atoms with Crippen LogP contribution < -0.4 is 5.32 Å². The van der Waals surface area contributed by atoms with Crippen LogP contribution in [0.4, 0.5) is 0 Å². The molecule has 0 fully saturated rings. The van der Waals surface area contributed by atoms with Crippen molar-refractivity contribution in [3.63, 3.8) is 0 Å². The predicted molar refractivity (Wildman–Crippen MR) is 52.5 cm³/mol. The molecular weight excluding hydrogens is 200 g/mol. The van der Waals surface area contributed by atoms with E-state index in [1.54, 1.807) is 6.08 Å². The van der Waals surface area contributed by atoms with Crippen LogP contribution in [0.25, 0.3) is 0 Å². The molecule has 84 valence electrons. The van der Waals surface area contributed by atoms with Crippen molar-refractivity contribution in [1.82, 2.24) is 5.32 Å². The number of methoxy groups -OCH3 is 1. The van der Waals surface area contributed by atoms with E-state index in [0.29, 0.717) is 12.2 Å². The molecular formula is C9H14N2O4. The first-order valence-electron chi connectivity index (χ1n) is 4.51. The Kier molecular flexibility index (Phi) is 4.11. The van der Waals surface area contributed by atoms with Crippen molar-refractivity contribution < 1.29 is 19.5 Å². The molecule has 0 saturated carbocycles. The second kappa shape index (κ2) is 5.35. The minimum absolute atomic E-state index is 0.131. The fourth-order valence-corrected chi connectivity index (χ4v) is 1.35. The Bertz CT molecular complexity index is 288. The molecule has 0 bridgehead atoms. The highest BCUT2D eigenvalue weighted by atomic mass is 16.7. The van der Waals surface area contributed by atoms with Gasteiger partial charge in [-0.2, -0.15) is 0 Å². The van der Waals surface area contributed by atoms with Gasteiger partial charge in [0.1, 0.15) is 12.0 Å². The van der Waals surface area contributed by atoms with E-state index in [9.17, 15) is 4.79 Å². The normalized spacial score (nSPS) is 25.9. The molecule has 1 rings (SSSR count). The molecule has 15 heavy (non-hydrogen) atoms. The second-order valence-corrected chi connectivity index (χ2v) is 3.14. The van der Waals surface area contributed by atoms with Gasteiger partial charge in [-0.25, -0.2) is 0 Å². The fraction of sp³-hybridized carbons (Fsp3) is 0.556. The topological polar surface area (TPSA) is 80.2 Å². The summed E-state index contributed by atoms with van der Waals surface area (Å²) in [5.74, 6) is 0.239. The molecule has 2 atom stereocenters. The van der Waals surface area contributed by atoms with Crippen molar-refractivity contribution in [2.24, 2.45) is 5.16 Å². The molecule has 0 aromatic heterocycles. The van der Waals surface area contributed by atoms with Crippen molar-refractivity contribution in [3.8, 4) is 0 Å². The Hall–Kier alpha value is -1.56. The molecule has 0 aromatic carbocycles. The summed E-state index contributed by atoms with van der Waals surface area (Å²) in [5, 5.41) is 13.9. The number of hydrogen-bond acceptors (Lipinski definition) is 5. The number of carbonyl (C=O) groups excluding carboxylic acids is 1. The second-order valence-electron chi connectivity index (χ2n) is 3.14. The third kappa shape index (κ3) is 3.59. The Morgan fingerprint density at radius 2 is 2.60 bits per heavy atom. The first-order chi connectivity index (χ1) is 7.15. The van der Waals surface area contributed by atoms with Gasteiger partial charge in [0.2, 0.25) is 12.2 Å². The number of nitrogens with zero attached hydrogens (tertiary/aromatic N) is 1. The number of hydrogen-bond donors (Lipinski definition) is 2. The van der Waals surface area contributed by atoms with E-state index in [4.69, 9.17) is 14.7 Å². The Balaban J connectivity index is 2.70. The average Bonchev–Trinajstić information content (AvgIpc) is 2.16. The van der Waals surface area contributed by atoms with Gasteiger partial charge in [-0.05, 0) is 6.08 Å². The summed E-state index contributed by atoms with van der Waals surface area (Å²) in [6.45, 7) is 1.44. The van der Waals surface area contributed by atoms with E-state index in [0.717, 1.165) is 6.21 Å². The molecule has 2 N–H and O–H groups in total. The lowest BCUT2D eigenvalue weighted by Crippen LogP contribution is -2.38. The minimum atomic E-state index is -0.445. The van der Waals surface area contributed by atoms with Gasteiger partial charge in [0.25, 0.3) is 0 Å². The lowest BCUT2D eigenvalue weighted by Gasteiger charge is -2.27. The fourth-order valence-electron chi connectivity index (χ4n) is 1.35. The summed E-state index contributed by atoms with van der Waals surface area (Å²) in [4.78, 5) is 10.9. The summed E-state index contributed by atoms with van der Waals surface area (Å²) < 4.78 is 10.3. The molecule has 2 unspecified atom stereocenters. The number of allylic oxidation sites excluding steroid dienone is 1. The number of ether oxygens (including phenoxy) is 2. The van der Waals surface area contributed by atoms with Crippen LogP contribution >= 0.6 is 0 Å². The maximum absolute atomic E-state index is 10.9. The van der Waals surface area contributed by atoms with Crippen LogP contribution in [0.1, 0.15) is 13.3 Å². The molecule has 1 amide bonds. The largest absolute Gasteiger partial charge is 0.463 e. The van der Waals surface area contributed by atoms with Gasteiger partial charge in [-0.1, -0.05) is 5.16 Å². The van der Waals surface area contributed by atoms with Crippen molar-refractivity contribution in [1.29, 1.82) is 0 Å². The zero-order valence-corrected chi connectivity index (χ0v) is 8.64. The van der Waals surface area contributed by atoms with Gasteiger partial charge in [0, 0.05) is 20.5 Å². The van der Waals surface area contributed by atoms with E-state index in [-0.39, 0.29) is 11.9 Å². The quantitative estimate of drug-likeness (QED) is 0.400. The zero-order valence-electron chi connectivity index (χ0n) is 8.64. The standard InChI is InChI=1S/C9H14N2O4/c1-6(12)11-7-3-8(5-10-13)15-9(4-7)14-2/h3,5,7,9,13H,4H2,1-2H3,(H,11,12)/b10-5-. The molecule has 1 aliphatic heterocycles. The average molecular weight is 214 g/mol. The summed E-state index contributed by atoms with van der Waals surface area (Å²) in [7, 11) is 1.51. The minimum Gasteiger partial charge on any atom is -0.463 e. The van der Waals surface area contributed by atoms with E-state index in [2.05, 4.69) is 10.5 Å². The van der Waals surface area contributed by atoms with Crippen LogP contribution in [-0.4, -0.2) is 36.8 Å². The maximum atomic E-state index is 10.9. The number of carbonyl (C=O) groups is 1. The van der Waals surface area contributed by atoms with Crippen molar-refractivity contribution in [2.45, 2.75) is 25.7 Å². The smallest absolute Gasteiger partial charge is 0.217 e. The van der Waals surface area contributed by atoms with Crippen molar-refractivity contribution >= 4 is 12.1 Å². The molecule has 1 heterocycles. The van der Waals surface area contributed by atoms with Crippen LogP contribution in [-0.2, 0) is 14.3 Å². The van der Waals surface area contributed by atoms with Crippen molar-refractivity contribution in [2.75, 3.05) is 7.11 Å². The van der Waals surface area contributed by atoms with Crippen LogP contribution in [0.2, 0.25) is 0 Å². The summed E-state index contributed by atoms with van der Waals surface area (Å²) >= 11 is 0. The van der Waals surface area contributed by atoms with Crippen LogP contribution in [0, 0.1) is 0 Å². The third-order valence-corrected chi connectivity index (χ3v) is 1.92. The number of oxime groups is 1. The SMILES string of the molecule is COC1CC(NC(C)=O)C=C(/C=N\O)O1. The highest BCUT2D eigenvalue weighted by Crippen LogP contribution is 2.16. The van der Waals surface area contributed by atoms with Crippen LogP contribution in [0.3, 0.4) is 0 Å². The summed E-state index contributed by atoms with van der Waals surface area (Å²) in [6.07, 6.45) is 2.90. The van der Waals surface area contributed by atoms with E-state index in [1.165, 1.54) is 14.0 Å². The molecule has 6 nitrogen and oxygen atoms in total. The summed E-state index contributed by atoms with van der Waals surface area (Å²) in [5.41, 5.74) is 0. The zero-order chi connectivity index (χ0) is 11.3. The molecule has 1 aliphatic rings. The van der Waals surface area contributed by atoms with Crippen molar-refractivity contribution in [3.05, 3.63) is 11.8 Å². The van der Waals surface area contributed by atoms with Gasteiger partial charge in [-0.15, -0.1) is 0 Å². The highest BCUT2D eigenvalue weighted by Gasteiger charge is 2.23. The molecule has 6 heteroatoms. The van der Waals surface area contributed by atoms with Gasteiger partial charge in [0.15, 0.2) is 0 Å². The Morgan fingerprint density at radius 1 is 1.87 bits per heavy atom. The van der Waals surface area contributed by atoms with Crippen LogP contribution in [0.5, 0.6) is 0 Å². The van der Waals surface area contributed by atoms with Crippen LogP contribution in [0.15, 0.2) is 17.0 Å². The van der Waals surface area contributed by atoms with Gasteiger partial charge in [0.05, 0.1) is 6.04 Å². The number of nitrogens with one attached hydrogen (secondary N) is 1. The van der Waals surface area contributed by atoms with E-state index >= 15 is 0 Å². The Labute approximate surface area is 87.5 Å². The van der Waals surface area contributed by atoms with Gasteiger partial charge in [-0.3, -0.25) is 4.79 Å². The van der Waals surface area contributed by atoms with E-state index < -0.39 is 6.29 Å². The predicted octanol–water partition coefficient (Wildman–Crippen LogP) is 0.228. The molecule has 0 saturated heterocycles. The third-order valence-electron chi connectivity index (χ3n) is 1.92. The van der Waals surface area contributed by atoms with E-state index in [1.807, 2.05) is 0 Å². The van der Waals surface area contributed by atoms with Gasteiger partial charge < -0.3 is 20.0 Å². The lowest BCUT2D eigenvalue weighted by atomic mass is 10.1. The highest BCUT2D eigenvalue weighted by molar-refractivity contribution is 5.77. The lowest BCUT2D eigenvalue weighted by molar-refractivity contribution is -0.122. The first-order valence-corrected chi connectivity index (χ1v) is 4.51. The number of amides is 1. The molecule has 0 aliphatic carbocycles. The number of rotatable bonds is 3. The molecule has 0 aromatic rings. The van der Waals surface area contributed by atoms with Gasteiger partial charge >= 0.3 is 0 Å². The molecule has 0 spiro atoms. The monoisotopic (exact) mass is 214 g/mol.